The highest BCUT2D eigenvalue weighted by Crippen LogP contribution is 2.23. The lowest BCUT2D eigenvalue weighted by atomic mass is 9.99. The van der Waals surface area contributed by atoms with Crippen LogP contribution in [-0.4, -0.2) is 100 Å². The van der Waals surface area contributed by atoms with Gasteiger partial charge in [-0.25, -0.2) is 0 Å². The minimum Gasteiger partial charge on any atom is -0.466 e. The Morgan fingerprint density at radius 2 is 0.780 bits per heavy atom. The summed E-state index contributed by atoms with van der Waals surface area (Å²) in [7, 11) is 0. The molecule has 1 heterocycles. The lowest BCUT2D eigenvalue weighted by molar-refractivity contribution is -0.302. The molecule has 6 N–H and O–H groups in total. The number of hydrogen-bond donors (Lipinski definition) is 6. The van der Waals surface area contributed by atoms with E-state index < -0.39 is 49.5 Å². The quantitative estimate of drug-likeness (QED) is 0.0195. The molecular formula is C71H135NO10. The zero-order valence-electron chi connectivity index (χ0n) is 53.7. The third-order valence-corrected chi connectivity index (χ3v) is 17.1. The number of ether oxygens (including phenoxy) is 3. The van der Waals surface area contributed by atoms with Gasteiger partial charge >= 0.3 is 5.97 Å². The Morgan fingerprint density at radius 3 is 1.17 bits per heavy atom. The van der Waals surface area contributed by atoms with Crippen LogP contribution in [0.25, 0.3) is 0 Å². The summed E-state index contributed by atoms with van der Waals surface area (Å²) in [4.78, 5) is 25.1. The zero-order valence-corrected chi connectivity index (χ0v) is 53.7. The average Bonchev–Trinajstić information content (AvgIpc) is 3.63. The Labute approximate surface area is 505 Å². The van der Waals surface area contributed by atoms with Crippen molar-refractivity contribution < 1.29 is 49.3 Å². The molecule has 0 aromatic carbocycles. The smallest absolute Gasteiger partial charge is 0.305 e. The zero-order chi connectivity index (χ0) is 59.5. The molecule has 1 aliphatic heterocycles. The standard InChI is InChI=1S/C71H135NO10/c1-3-5-7-9-11-13-14-15-16-29-33-36-39-43-47-51-55-59-67(76)80-60-56-52-48-44-40-37-34-31-28-26-24-22-20-18-17-19-21-23-25-27-30-32-35-38-42-46-50-54-58-66(75)72-63(64(74)57-53-49-45-41-12-10-8-6-4-2)62-81-71-70(79)69(78)68(77)65(61-73)82-71/h15-16,53,57,63-65,68-71,73-74,77-79H,3-14,17-52,54-56,58-62H2,1-2H3,(H,72,75)/b16-15-,57-53+. The number of carbonyl (C=O) groups excluding carboxylic acids is 2. The molecule has 0 aliphatic carbocycles. The van der Waals surface area contributed by atoms with Crippen LogP contribution >= 0.6 is 0 Å². The largest absolute Gasteiger partial charge is 0.466 e. The Hall–Kier alpha value is -1.86. The van der Waals surface area contributed by atoms with E-state index in [0.717, 1.165) is 57.8 Å². The van der Waals surface area contributed by atoms with Crippen LogP contribution in [0.1, 0.15) is 354 Å². The summed E-state index contributed by atoms with van der Waals surface area (Å²) in [6, 6.07) is -0.806. The highest BCUT2D eigenvalue weighted by atomic mass is 16.7. The predicted molar refractivity (Wildman–Crippen MR) is 343 cm³/mol. The van der Waals surface area contributed by atoms with Gasteiger partial charge in [0.25, 0.3) is 0 Å². The molecule has 0 spiro atoms. The molecule has 0 bridgehead atoms. The van der Waals surface area contributed by atoms with Crippen molar-refractivity contribution in [3.8, 4) is 0 Å². The second kappa shape index (κ2) is 60.8. The highest BCUT2D eigenvalue weighted by molar-refractivity contribution is 5.76. The molecule has 1 saturated heterocycles. The van der Waals surface area contributed by atoms with Crippen LogP contribution in [0.5, 0.6) is 0 Å². The molecule has 11 heteroatoms. The molecule has 1 rings (SSSR count). The highest BCUT2D eigenvalue weighted by Gasteiger charge is 2.44. The van der Waals surface area contributed by atoms with Gasteiger partial charge in [0.2, 0.25) is 5.91 Å². The molecule has 7 unspecified atom stereocenters. The van der Waals surface area contributed by atoms with Crippen molar-refractivity contribution in [1.82, 2.24) is 5.32 Å². The fourth-order valence-corrected chi connectivity index (χ4v) is 11.4. The van der Waals surface area contributed by atoms with Crippen molar-refractivity contribution in [1.29, 1.82) is 0 Å². The van der Waals surface area contributed by atoms with E-state index >= 15 is 0 Å². The molecule has 11 nitrogen and oxygen atoms in total. The van der Waals surface area contributed by atoms with Gasteiger partial charge in [0.05, 0.1) is 32.0 Å². The third-order valence-electron chi connectivity index (χ3n) is 17.1. The Balaban J connectivity index is 1.89. The summed E-state index contributed by atoms with van der Waals surface area (Å²) in [5.74, 6) is -0.172. The summed E-state index contributed by atoms with van der Waals surface area (Å²) in [6.45, 7) is 4.35. The number of hydrogen-bond acceptors (Lipinski definition) is 10. The first-order valence-corrected chi connectivity index (χ1v) is 35.6. The lowest BCUT2D eigenvalue weighted by Crippen LogP contribution is -2.60. The van der Waals surface area contributed by atoms with Gasteiger partial charge in [-0.15, -0.1) is 0 Å². The number of unbranched alkanes of at least 4 members (excludes halogenated alkanes) is 47. The van der Waals surface area contributed by atoms with Crippen molar-refractivity contribution in [3.05, 3.63) is 24.3 Å². The van der Waals surface area contributed by atoms with Crippen LogP contribution in [0.3, 0.4) is 0 Å². The van der Waals surface area contributed by atoms with Gasteiger partial charge in [-0.05, 0) is 57.8 Å². The number of rotatable bonds is 63. The van der Waals surface area contributed by atoms with Crippen LogP contribution < -0.4 is 5.32 Å². The molecule has 0 saturated carbocycles. The van der Waals surface area contributed by atoms with Crippen LogP contribution in [0.2, 0.25) is 0 Å². The summed E-state index contributed by atoms with van der Waals surface area (Å²) in [5, 5.41) is 54.3. The van der Waals surface area contributed by atoms with Crippen molar-refractivity contribution in [2.24, 2.45) is 0 Å². The Kier molecular flexibility index (Phi) is 58.0. The van der Waals surface area contributed by atoms with Gasteiger partial charge in [0.1, 0.15) is 24.4 Å². The van der Waals surface area contributed by atoms with E-state index in [1.54, 1.807) is 6.08 Å². The topological polar surface area (TPSA) is 175 Å². The van der Waals surface area contributed by atoms with Gasteiger partial charge in [-0.3, -0.25) is 9.59 Å². The third kappa shape index (κ3) is 49.3. The average molecular weight is 1160 g/mol. The monoisotopic (exact) mass is 1160 g/mol. The number of carbonyl (C=O) groups is 2. The number of allylic oxidation sites excluding steroid dienone is 3. The first kappa shape index (κ1) is 78.2. The van der Waals surface area contributed by atoms with Gasteiger partial charge < -0.3 is 45.1 Å². The molecule has 1 aliphatic rings. The number of esters is 1. The van der Waals surface area contributed by atoms with Crippen LogP contribution in [0, 0.1) is 0 Å². The lowest BCUT2D eigenvalue weighted by Gasteiger charge is -2.40. The van der Waals surface area contributed by atoms with Crippen molar-refractivity contribution >= 4 is 11.9 Å². The van der Waals surface area contributed by atoms with Crippen LogP contribution in [0.15, 0.2) is 24.3 Å². The van der Waals surface area contributed by atoms with Gasteiger partial charge in [0, 0.05) is 12.8 Å². The normalized spacial score (nSPS) is 18.3. The number of nitrogens with one attached hydrogen (secondary N) is 1. The molecule has 1 amide bonds. The van der Waals surface area contributed by atoms with Crippen molar-refractivity contribution in [2.45, 2.75) is 397 Å². The number of aliphatic hydroxyl groups excluding tert-OH is 5. The SMILES string of the molecule is CCCCCCCC/C=C\CCCCCCCCCC(=O)OCCCCCCCCCCCCCCCCCCCCCCCCCCCCCCC(=O)NC(COC1OC(CO)C(O)C(O)C1O)C(O)/C=C/CCCCCCCCC. The van der Waals surface area contributed by atoms with Gasteiger partial charge in [-0.1, -0.05) is 308 Å². The maximum atomic E-state index is 13.0. The van der Waals surface area contributed by atoms with Crippen LogP contribution in [-0.2, 0) is 23.8 Å². The second-order valence-electron chi connectivity index (χ2n) is 24.9. The molecule has 1 fully saturated rings. The first-order chi connectivity index (χ1) is 40.2. The summed E-state index contributed by atoms with van der Waals surface area (Å²) in [5.41, 5.74) is 0. The Morgan fingerprint density at radius 1 is 0.439 bits per heavy atom. The fraction of sp³-hybridized carbons (Fsp3) is 0.915. The molecule has 0 aromatic rings. The molecule has 0 aromatic heterocycles. The van der Waals surface area contributed by atoms with E-state index in [4.69, 9.17) is 14.2 Å². The maximum absolute atomic E-state index is 13.0. The summed E-state index contributed by atoms with van der Waals surface area (Å²) < 4.78 is 16.7. The van der Waals surface area contributed by atoms with Crippen molar-refractivity contribution in [3.63, 3.8) is 0 Å². The number of aliphatic hydroxyl groups is 5. The molecule has 7 atom stereocenters. The molecule has 82 heavy (non-hydrogen) atoms. The van der Waals surface area contributed by atoms with Gasteiger partial charge in [-0.2, -0.15) is 0 Å². The molecule has 484 valence electrons. The molecule has 0 radical (unpaired) electrons. The number of amides is 1. The van der Waals surface area contributed by atoms with Crippen molar-refractivity contribution in [2.75, 3.05) is 19.8 Å². The fourth-order valence-electron chi connectivity index (χ4n) is 11.4. The van der Waals surface area contributed by atoms with E-state index in [1.165, 1.54) is 270 Å². The van der Waals surface area contributed by atoms with E-state index in [1.807, 2.05) is 6.08 Å². The molecular weight excluding hydrogens is 1030 g/mol. The van der Waals surface area contributed by atoms with Gasteiger partial charge in [0.15, 0.2) is 6.29 Å². The van der Waals surface area contributed by atoms with E-state index in [0.29, 0.717) is 19.4 Å². The second-order valence-corrected chi connectivity index (χ2v) is 24.9. The minimum atomic E-state index is -1.57. The summed E-state index contributed by atoms with van der Waals surface area (Å²) in [6.07, 6.45) is 66.2. The van der Waals surface area contributed by atoms with E-state index in [-0.39, 0.29) is 18.5 Å². The maximum Gasteiger partial charge on any atom is 0.305 e. The minimum absolute atomic E-state index is 0.00690. The first-order valence-electron chi connectivity index (χ1n) is 35.6. The van der Waals surface area contributed by atoms with Crippen LogP contribution in [0.4, 0.5) is 0 Å². The van der Waals surface area contributed by atoms with E-state index in [2.05, 4.69) is 31.3 Å². The summed E-state index contributed by atoms with van der Waals surface area (Å²) >= 11 is 0. The Bertz CT molecular complexity index is 1410. The predicted octanol–water partition coefficient (Wildman–Crippen LogP) is 18.0. The van der Waals surface area contributed by atoms with E-state index in [9.17, 15) is 35.1 Å².